The number of aromatic nitrogens is 1. The van der Waals surface area contributed by atoms with Crippen LogP contribution in [-0.2, 0) is 32.9 Å². The van der Waals surface area contributed by atoms with Crippen LogP contribution < -0.4 is 10.0 Å². The molecular formula is C19H27N3O5S2. The molecule has 1 amide bonds. The minimum absolute atomic E-state index is 0.0596. The number of nitrogens with zero attached hydrogens (tertiary/aromatic N) is 1. The van der Waals surface area contributed by atoms with Crippen molar-refractivity contribution in [1.29, 1.82) is 0 Å². The second kappa shape index (κ2) is 9.66. The van der Waals surface area contributed by atoms with Gasteiger partial charge in [-0.2, -0.15) is 8.42 Å². The minimum Gasteiger partial charge on any atom is -0.378 e. The van der Waals surface area contributed by atoms with Gasteiger partial charge in [0.05, 0.1) is 24.0 Å². The van der Waals surface area contributed by atoms with Gasteiger partial charge in [0, 0.05) is 18.9 Å². The zero-order chi connectivity index (χ0) is 21.7. The van der Waals surface area contributed by atoms with Crippen LogP contribution in [-0.4, -0.2) is 31.0 Å². The summed E-state index contributed by atoms with van der Waals surface area (Å²) in [5.74, 6) is -0.0596. The van der Waals surface area contributed by atoms with Crippen molar-refractivity contribution in [3.8, 4) is 0 Å². The van der Waals surface area contributed by atoms with E-state index in [1.165, 1.54) is 11.3 Å². The van der Waals surface area contributed by atoms with Gasteiger partial charge in [-0.1, -0.05) is 32.9 Å². The van der Waals surface area contributed by atoms with Crippen molar-refractivity contribution >= 4 is 33.2 Å². The van der Waals surface area contributed by atoms with Gasteiger partial charge in [-0.05, 0) is 29.5 Å². The Balaban J connectivity index is 2.18. The molecule has 1 aromatic carbocycles. The molecule has 0 unspecified atom stereocenters. The highest BCUT2D eigenvalue weighted by Gasteiger charge is 2.22. The maximum absolute atomic E-state index is 12.5. The van der Waals surface area contributed by atoms with Gasteiger partial charge in [0.25, 0.3) is 0 Å². The first-order chi connectivity index (χ1) is 13.4. The van der Waals surface area contributed by atoms with Gasteiger partial charge < -0.3 is 10.1 Å². The zero-order valence-corrected chi connectivity index (χ0v) is 18.6. The molecule has 2 rings (SSSR count). The predicted octanol–water partition coefficient (Wildman–Crippen LogP) is 3.34. The predicted molar refractivity (Wildman–Crippen MR) is 113 cm³/mol. The standard InChI is InChI=1S/C19H27N3O5S2/c1-19(2,3)10-17(23)21-16(18-20-15(11-27-4)12-28-18)9-13-5-7-14(8-6-13)22-29(24,25)26/h5-8,12,16,22H,9-11H2,1-4H3,(H,21,23)(H,24,25,26)/t16-/m0/s1. The van der Waals surface area contributed by atoms with Crippen LogP contribution in [0.3, 0.4) is 0 Å². The van der Waals surface area contributed by atoms with Crippen molar-refractivity contribution in [2.24, 2.45) is 5.41 Å². The van der Waals surface area contributed by atoms with Crippen molar-refractivity contribution in [3.63, 3.8) is 0 Å². The van der Waals surface area contributed by atoms with Gasteiger partial charge in [0.2, 0.25) is 5.91 Å². The molecule has 0 saturated heterocycles. The lowest BCUT2D eigenvalue weighted by Gasteiger charge is -2.21. The van der Waals surface area contributed by atoms with Crippen LogP contribution in [0.2, 0.25) is 0 Å². The quantitative estimate of drug-likeness (QED) is 0.514. The summed E-state index contributed by atoms with van der Waals surface area (Å²) in [5, 5.41) is 5.74. The van der Waals surface area contributed by atoms with Gasteiger partial charge in [0.15, 0.2) is 0 Å². The van der Waals surface area contributed by atoms with E-state index < -0.39 is 10.3 Å². The Bertz CT molecular complexity index is 918. The maximum atomic E-state index is 12.5. The number of hydrogen-bond acceptors (Lipinski definition) is 6. The van der Waals surface area contributed by atoms with E-state index in [9.17, 15) is 13.2 Å². The Morgan fingerprint density at radius 3 is 2.48 bits per heavy atom. The van der Waals surface area contributed by atoms with E-state index in [0.717, 1.165) is 16.3 Å². The normalized spacial score (nSPS) is 13.1. The third-order valence-corrected chi connectivity index (χ3v) is 5.33. The molecule has 160 valence electrons. The largest absolute Gasteiger partial charge is 0.378 e. The molecule has 1 aromatic heterocycles. The molecule has 10 heteroatoms. The van der Waals surface area contributed by atoms with E-state index in [2.05, 4.69) is 10.3 Å². The monoisotopic (exact) mass is 441 g/mol. The number of amides is 1. The van der Waals surface area contributed by atoms with E-state index in [-0.39, 0.29) is 23.1 Å². The number of anilines is 1. The molecule has 0 radical (unpaired) electrons. The summed E-state index contributed by atoms with van der Waals surface area (Å²) in [6.07, 6.45) is 0.874. The van der Waals surface area contributed by atoms with Crippen molar-refractivity contribution in [2.45, 2.75) is 46.3 Å². The summed E-state index contributed by atoms with van der Waals surface area (Å²) in [7, 11) is -2.72. The van der Waals surface area contributed by atoms with Crippen molar-refractivity contribution < 1.29 is 22.5 Å². The van der Waals surface area contributed by atoms with E-state index in [4.69, 9.17) is 9.29 Å². The fourth-order valence-electron chi connectivity index (χ4n) is 2.72. The third-order valence-electron chi connectivity index (χ3n) is 3.83. The smallest absolute Gasteiger partial charge is 0.357 e. The molecular weight excluding hydrogens is 414 g/mol. The van der Waals surface area contributed by atoms with Gasteiger partial charge >= 0.3 is 10.3 Å². The minimum atomic E-state index is -4.32. The third kappa shape index (κ3) is 8.48. The number of carbonyl (C=O) groups is 1. The Morgan fingerprint density at radius 1 is 1.28 bits per heavy atom. The van der Waals surface area contributed by atoms with Crippen LogP contribution in [0, 0.1) is 5.41 Å². The molecule has 0 spiro atoms. The molecule has 2 aromatic rings. The lowest BCUT2D eigenvalue weighted by Crippen LogP contribution is -2.32. The summed E-state index contributed by atoms with van der Waals surface area (Å²) in [5.41, 5.74) is 1.80. The number of ether oxygens (including phenoxy) is 1. The molecule has 1 atom stereocenters. The van der Waals surface area contributed by atoms with Crippen LogP contribution in [0.15, 0.2) is 29.6 Å². The number of nitrogens with one attached hydrogen (secondary N) is 2. The molecule has 3 N–H and O–H groups in total. The van der Waals surface area contributed by atoms with Crippen LogP contribution in [0.1, 0.15) is 49.5 Å². The fourth-order valence-corrected chi connectivity index (χ4v) is 4.01. The highest BCUT2D eigenvalue weighted by molar-refractivity contribution is 7.87. The first kappa shape index (κ1) is 23.3. The van der Waals surface area contributed by atoms with E-state index >= 15 is 0 Å². The Labute approximate surface area is 175 Å². The molecule has 0 fully saturated rings. The van der Waals surface area contributed by atoms with Gasteiger partial charge in [-0.25, -0.2) is 4.98 Å². The van der Waals surface area contributed by atoms with Gasteiger partial charge in [-0.15, -0.1) is 11.3 Å². The van der Waals surface area contributed by atoms with Crippen molar-refractivity contribution in [3.05, 3.63) is 45.9 Å². The van der Waals surface area contributed by atoms with Gasteiger partial charge in [-0.3, -0.25) is 14.1 Å². The SMILES string of the molecule is COCc1csc([C@H](Cc2ccc(NS(=O)(=O)O)cc2)NC(=O)CC(C)(C)C)n1. The number of benzene rings is 1. The second-order valence-corrected chi connectivity index (χ2v) is 9.99. The summed E-state index contributed by atoms with van der Waals surface area (Å²) in [6, 6.07) is 6.26. The number of hydrogen-bond donors (Lipinski definition) is 3. The number of methoxy groups -OCH3 is 1. The first-order valence-corrected chi connectivity index (χ1v) is 11.3. The Kier molecular flexibility index (Phi) is 7.75. The molecule has 1 heterocycles. The summed E-state index contributed by atoms with van der Waals surface area (Å²) >= 11 is 1.46. The second-order valence-electron chi connectivity index (χ2n) is 7.95. The van der Waals surface area contributed by atoms with Gasteiger partial charge in [0.1, 0.15) is 5.01 Å². The average molecular weight is 442 g/mol. The van der Waals surface area contributed by atoms with Crippen molar-refractivity contribution in [1.82, 2.24) is 10.3 Å². The number of carbonyl (C=O) groups excluding carboxylic acids is 1. The van der Waals surface area contributed by atoms with E-state index in [1.54, 1.807) is 31.4 Å². The lowest BCUT2D eigenvalue weighted by molar-refractivity contribution is -0.123. The van der Waals surface area contributed by atoms with Crippen LogP contribution >= 0.6 is 11.3 Å². The summed E-state index contributed by atoms with van der Waals surface area (Å²) < 4.78 is 37.8. The average Bonchev–Trinajstić information content (AvgIpc) is 3.02. The molecule has 0 aliphatic heterocycles. The molecule has 0 aliphatic rings. The number of thiazole rings is 1. The summed E-state index contributed by atoms with van der Waals surface area (Å²) in [4.78, 5) is 17.1. The first-order valence-electron chi connectivity index (χ1n) is 9.02. The van der Waals surface area contributed by atoms with Crippen LogP contribution in [0.25, 0.3) is 0 Å². The van der Waals surface area contributed by atoms with Crippen LogP contribution in [0.4, 0.5) is 5.69 Å². The molecule has 0 bridgehead atoms. The topological polar surface area (TPSA) is 118 Å². The Morgan fingerprint density at radius 2 is 1.93 bits per heavy atom. The molecule has 0 saturated carbocycles. The number of rotatable bonds is 9. The molecule has 8 nitrogen and oxygen atoms in total. The van der Waals surface area contributed by atoms with E-state index in [0.29, 0.717) is 19.4 Å². The zero-order valence-electron chi connectivity index (χ0n) is 16.9. The van der Waals surface area contributed by atoms with Crippen molar-refractivity contribution in [2.75, 3.05) is 11.8 Å². The van der Waals surface area contributed by atoms with Crippen LogP contribution in [0.5, 0.6) is 0 Å². The fraction of sp³-hybridized carbons (Fsp3) is 0.474. The highest BCUT2D eigenvalue weighted by Crippen LogP contribution is 2.25. The highest BCUT2D eigenvalue weighted by atomic mass is 32.2. The molecule has 0 aliphatic carbocycles. The Hall–Kier alpha value is -2.01. The maximum Gasteiger partial charge on any atom is 0.357 e. The summed E-state index contributed by atoms with van der Waals surface area (Å²) in [6.45, 7) is 6.41. The molecule has 29 heavy (non-hydrogen) atoms. The lowest BCUT2D eigenvalue weighted by atomic mass is 9.91. The van der Waals surface area contributed by atoms with E-state index in [1.807, 2.05) is 30.9 Å².